The minimum absolute atomic E-state index is 0.380. The lowest BCUT2D eigenvalue weighted by Crippen LogP contribution is -2.12. The molecular formula is C15H17Br2NO3. The van der Waals surface area contributed by atoms with Crippen LogP contribution < -0.4 is 14.8 Å². The van der Waals surface area contributed by atoms with Crippen LogP contribution >= 0.6 is 31.9 Å². The van der Waals surface area contributed by atoms with Crippen molar-refractivity contribution in [3.8, 4) is 11.5 Å². The van der Waals surface area contributed by atoms with Gasteiger partial charge in [-0.2, -0.15) is 0 Å². The maximum Gasteiger partial charge on any atom is 0.146 e. The Kier molecular flexibility index (Phi) is 6.14. The van der Waals surface area contributed by atoms with Crippen molar-refractivity contribution in [3.63, 3.8) is 0 Å². The van der Waals surface area contributed by atoms with Gasteiger partial charge in [0.2, 0.25) is 0 Å². The lowest BCUT2D eigenvalue weighted by atomic mass is 10.2. The Balaban J connectivity index is 2.06. The highest BCUT2D eigenvalue weighted by Gasteiger charge is 2.11. The molecule has 2 rings (SSSR count). The summed E-state index contributed by atoms with van der Waals surface area (Å²) in [6, 6.07) is 5.69. The minimum atomic E-state index is 0.380. The molecule has 4 nitrogen and oxygen atoms in total. The zero-order chi connectivity index (χ0) is 15.2. The Morgan fingerprint density at radius 3 is 2.62 bits per heavy atom. The van der Waals surface area contributed by atoms with Crippen molar-refractivity contribution in [3.05, 3.63) is 44.7 Å². The van der Waals surface area contributed by atoms with E-state index in [9.17, 15) is 0 Å². The van der Waals surface area contributed by atoms with Crippen molar-refractivity contribution in [1.29, 1.82) is 0 Å². The first kappa shape index (κ1) is 16.4. The van der Waals surface area contributed by atoms with Crippen LogP contribution in [0.4, 0.5) is 0 Å². The standard InChI is InChI=1S/C15H17Br2NO3/c1-3-18-8-10-4-5-20-15(10)9-21-14-7-11(16)13(19-2)6-12(14)17/h4-7,18H,3,8-9H2,1-2H3. The second kappa shape index (κ2) is 7.87. The van der Waals surface area contributed by atoms with Crippen molar-refractivity contribution >= 4 is 31.9 Å². The fourth-order valence-corrected chi connectivity index (χ4v) is 2.75. The van der Waals surface area contributed by atoms with Crippen molar-refractivity contribution in [2.75, 3.05) is 13.7 Å². The zero-order valence-corrected chi connectivity index (χ0v) is 15.1. The third-order valence-corrected chi connectivity index (χ3v) is 4.21. The number of halogens is 2. The van der Waals surface area contributed by atoms with Crippen molar-refractivity contribution in [2.24, 2.45) is 0 Å². The first-order chi connectivity index (χ1) is 10.2. The third kappa shape index (κ3) is 4.25. The maximum atomic E-state index is 5.83. The number of rotatable bonds is 7. The Morgan fingerprint density at radius 2 is 1.90 bits per heavy atom. The van der Waals surface area contributed by atoms with Gasteiger partial charge in [-0.05, 0) is 56.6 Å². The SMILES string of the molecule is CCNCc1ccoc1COc1cc(Br)c(OC)cc1Br. The van der Waals surface area contributed by atoms with Crippen molar-refractivity contribution in [2.45, 2.75) is 20.1 Å². The number of hydrogen-bond acceptors (Lipinski definition) is 4. The van der Waals surface area contributed by atoms with E-state index in [1.807, 2.05) is 18.2 Å². The number of furan rings is 1. The molecule has 6 heteroatoms. The molecule has 0 fully saturated rings. The van der Waals surface area contributed by atoms with Crippen LogP contribution in [0.5, 0.6) is 11.5 Å². The normalized spacial score (nSPS) is 10.7. The molecule has 0 saturated carbocycles. The monoisotopic (exact) mass is 417 g/mol. The molecule has 0 aliphatic carbocycles. The molecule has 0 atom stereocenters. The zero-order valence-electron chi connectivity index (χ0n) is 11.9. The predicted octanol–water partition coefficient (Wildman–Crippen LogP) is 4.50. The van der Waals surface area contributed by atoms with E-state index in [0.717, 1.165) is 44.9 Å². The van der Waals surface area contributed by atoms with Gasteiger partial charge in [-0.1, -0.05) is 6.92 Å². The van der Waals surface area contributed by atoms with Gasteiger partial charge in [-0.3, -0.25) is 0 Å². The molecule has 0 amide bonds. The van der Waals surface area contributed by atoms with E-state index in [1.165, 1.54) is 0 Å². The molecule has 0 aliphatic rings. The lowest BCUT2D eigenvalue weighted by Gasteiger charge is -2.11. The summed E-state index contributed by atoms with van der Waals surface area (Å²) < 4.78 is 18.2. The van der Waals surface area contributed by atoms with Crippen LogP contribution in [0.15, 0.2) is 37.8 Å². The molecule has 0 spiro atoms. The molecule has 0 radical (unpaired) electrons. The van der Waals surface area contributed by atoms with Gasteiger partial charge in [0.15, 0.2) is 0 Å². The topological polar surface area (TPSA) is 43.6 Å². The van der Waals surface area contributed by atoms with Gasteiger partial charge < -0.3 is 19.2 Å². The Labute approximate surface area is 141 Å². The van der Waals surface area contributed by atoms with Gasteiger partial charge >= 0.3 is 0 Å². The Hall–Kier alpha value is -0.980. The minimum Gasteiger partial charge on any atom is -0.496 e. The van der Waals surface area contributed by atoms with E-state index in [2.05, 4.69) is 44.1 Å². The largest absolute Gasteiger partial charge is 0.496 e. The molecule has 2 aromatic rings. The Bertz CT molecular complexity index is 599. The van der Waals surface area contributed by atoms with E-state index < -0.39 is 0 Å². The summed E-state index contributed by atoms with van der Waals surface area (Å²) in [6.45, 7) is 4.15. The summed E-state index contributed by atoms with van der Waals surface area (Å²) in [5.74, 6) is 2.31. The molecule has 1 aromatic heterocycles. The van der Waals surface area contributed by atoms with Gasteiger partial charge in [-0.25, -0.2) is 0 Å². The average molecular weight is 419 g/mol. The average Bonchev–Trinajstić information content (AvgIpc) is 2.93. The Morgan fingerprint density at radius 1 is 1.19 bits per heavy atom. The molecule has 114 valence electrons. The van der Waals surface area contributed by atoms with Crippen LogP contribution in [-0.4, -0.2) is 13.7 Å². The van der Waals surface area contributed by atoms with Crippen LogP contribution in [0.2, 0.25) is 0 Å². The molecule has 0 aliphatic heterocycles. The van der Waals surface area contributed by atoms with Gasteiger partial charge in [0, 0.05) is 12.1 Å². The predicted molar refractivity (Wildman–Crippen MR) is 88.8 cm³/mol. The fourth-order valence-electron chi connectivity index (χ4n) is 1.83. The lowest BCUT2D eigenvalue weighted by molar-refractivity contribution is 0.266. The highest BCUT2D eigenvalue weighted by atomic mass is 79.9. The third-order valence-electron chi connectivity index (χ3n) is 2.97. The molecule has 1 aromatic carbocycles. The number of nitrogens with one attached hydrogen (secondary N) is 1. The van der Waals surface area contributed by atoms with E-state index in [-0.39, 0.29) is 0 Å². The quantitative estimate of drug-likeness (QED) is 0.718. The number of ether oxygens (including phenoxy) is 2. The highest BCUT2D eigenvalue weighted by molar-refractivity contribution is 9.11. The summed E-state index contributed by atoms with van der Waals surface area (Å²) in [6.07, 6.45) is 1.68. The molecule has 1 heterocycles. The maximum absolute atomic E-state index is 5.83. The summed E-state index contributed by atoms with van der Waals surface area (Å²) in [5, 5.41) is 3.28. The first-order valence-corrected chi connectivity index (χ1v) is 8.16. The summed E-state index contributed by atoms with van der Waals surface area (Å²) >= 11 is 6.93. The number of hydrogen-bond donors (Lipinski definition) is 1. The van der Waals surface area contributed by atoms with Crippen LogP contribution in [0.3, 0.4) is 0 Å². The van der Waals surface area contributed by atoms with Crippen LogP contribution in [0.25, 0.3) is 0 Å². The molecule has 1 N–H and O–H groups in total. The van der Waals surface area contributed by atoms with E-state index >= 15 is 0 Å². The summed E-state index contributed by atoms with van der Waals surface area (Å²) in [7, 11) is 1.63. The van der Waals surface area contributed by atoms with E-state index in [0.29, 0.717) is 6.61 Å². The van der Waals surface area contributed by atoms with Gasteiger partial charge in [0.1, 0.15) is 23.9 Å². The first-order valence-electron chi connectivity index (χ1n) is 6.57. The molecule has 21 heavy (non-hydrogen) atoms. The smallest absolute Gasteiger partial charge is 0.146 e. The van der Waals surface area contributed by atoms with Crippen LogP contribution in [0, 0.1) is 0 Å². The van der Waals surface area contributed by atoms with Gasteiger partial charge in [0.25, 0.3) is 0 Å². The van der Waals surface area contributed by atoms with Crippen molar-refractivity contribution in [1.82, 2.24) is 5.32 Å². The van der Waals surface area contributed by atoms with Gasteiger partial charge in [0.05, 0.1) is 22.3 Å². The molecule has 0 unspecified atom stereocenters. The number of benzene rings is 1. The molecule has 0 saturated heterocycles. The summed E-state index contributed by atoms with van der Waals surface area (Å²) in [4.78, 5) is 0. The number of methoxy groups -OCH3 is 1. The van der Waals surface area contributed by atoms with E-state index in [4.69, 9.17) is 13.9 Å². The van der Waals surface area contributed by atoms with E-state index in [1.54, 1.807) is 13.4 Å². The molecular weight excluding hydrogens is 402 g/mol. The second-order valence-electron chi connectivity index (χ2n) is 4.36. The second-order valence-corrected chi connectivity index (χ2v) is 6.06. The fraction of sp³-hybridized carbons (Fsp3) is 0.333. The van der Waals surface area contributed by atoms with Crippen LogP contribution in [-0.2, 0) is 13.2 Å². The van der Waals surface area contributed by atoms with Crippen LogP contribution in [0.1, 0.15) is 18.2 Å². The summed E-state index contributed by atoms with van der Waals surface area (Å²) in [5.41, 5.74) is 1.11. The highest BCUT2D eigenvalue weighted by Crippen LogP contribution is 2.36. The van der Waals surface area contributed by atoms with Gasteiger partial charge in [-0.15, -0.1) is 0 Å². The van der Waals surface area contributed by atoms with Crippen molar-refractivity contribution < 1.29 is 13.9 Å². The molecule has 0 bridgehead atoms.